The first-order chi connectivity index (χ1) is 8.03. The Morgan fingerprint density at radius 3 is 2.92 bits per heavy atom. The number of hydrogen-bond donors (Lipinski definition) is 2. The minimum Gasteiger partial charge on any atom is -0.423 e. The summed E-state index contributed by atoms with van der Waals surface area (Å²) in [4.78, 5) is 3.81. The molecule has 0 aliphatic carbocycles. The number of nitrogens with zero attached hydrogens (tertiary/aromatic N) is 2. The van der Waals surface area contributed by atoms with E-state index in [4.69, 9.17) is 18.3 Å². The first kappa shape index (κ1) is 3.76. The van der Waals surface area contributed by atoms with Crippen LogP contribution in [0.5, 0.6) is 0 Å². The van der Waals surface area contributed by atoms with Crippen LogP contribution in [0.15, 0.2) is 18.3 Å². The molecule has 1 rings (SSSR count). The SMILES string of the molecule is [2H]C([2H])([2H])N(c1cc(B(O)O)ccn1)C([2H])([2H])[2H]. The highest BCUT2D eigenvalue weighted by Crippen LogP contribution is 2.01. The Bertz CT molecular complexity index is 407. The minimum absolute atomic E-state index is 0.0431. The zero-order chi connectivity index (χ0) is 14.1. The Kier molecular flexibility index (Phi) is 1.12. The van der Waals surface area contributed by atoms with E-state index in [1.165, 1.54) is 6.07 Å². The van der Waals surface area contributed by atoms with Gasteiger partial charge in [0.2, 0.25) is 0 Å². The highest BCUT2D eigenvalue weighted by atomic mass is 16.4. The summed E-state index contributed by atoms with van der Waals surface area (Å²) in [6, 6.07) is 2.24. The summed E-state index contributed by atoms with van der Waals surface area (Å²) in [5.74, 6) is -0.374. The van der Waals surface area contributed by atoms with E-state index in [1.54, 1.807) is 0 Å². The second-order valence-electron chi connectivity index (χ2n) is 2.16. The lowest BCUT2D eigenvalue weighted by atomic mass is 9.81. The quantitative estimate of drug-likeness (QED) is 0.551. The molecule has 1 heterocycles. The van der Waals surface area contributed by atoms with Gasteiger partial charge in [-0.15, -0.1) is 0 Å². The molecule has 0 bridgehead atoms. The number of anilines is 1. The van der Waals surface area contributed by atoms with Gasteiger partial charge in [0.05, 0.1) is 0 Å². The van der Waals surface area contributed by atoms with Crippen LogP contribution in [0.4, 0.5) is 5.82 Å². The predicted molar refractivity (Wildman–Crippen MR) is 48.4 cm³/mol. The molecule has 0 spiro atoms. The van der Waals surface area contributed by atoms with Gasteiger partial charge in [0, 0.05) is 28.4 Å². The van der Waals surface area contributed by atoms with Crippen molar-refractivity contribution in [1.82, 2.24) is 4.98 Å². The molecule has 0 aliphatic heterocycles. The van der Waals surface area contributed by atoms with Crippen LogP contribution in [0.2, 0.25) is 0 Å². The molecule has 0 radical (unpaired) electrons. The zero-order valence-electron chi connectivity index (χ0n) is 12.1. The summed E-state index contributed by atoms with van der Waals surface area (Å²) in [6.45, 7) is -5.84. The standard InChI is InChI=1S/C7H11BN2O2/c1-10(2)7-5-6(8(11)12)3-4-9-7/h3-5,11-12H,1-2H3/i1D3,2D3. The van der Waals surface area contributed by atoms with Gasteiger partial charge in [-0.25, -0.2) is 4.98 Å². The van der Waals surface area contributed by atoms with Crippen LogP contribution in [0.3, 0.4) is 0 Å². The maximum atomic E-state index is 8.96. The lowest BCUT2D eigenvalue weighted by Gasteiger charge is -2.11. The van der Waals surface area contributed by atoms with Crippen molar-refractivity contribution in [3.05, 3.63) is 18.3 Å². The first-order valence-electron chi connectivity index (χ1n) is 6.16. The fraction of sp³-hybridized carbons (Fsp3) is 0.286. The largest absolute Gasteiger partial charge is 0.488 e. The molecule has 5 heteroatoms. The first-order valence-corrected chi connectivity index (χ1v) is 3.16. The molecule has 1 aromatic heterocycles. The smallest absolute Gasteiger partial charge is 0.423 e. The average Bonchev–Trinajstić information content (AvgIpc) is 2.13. The van der Waals surface area contributed by atoms with Crippen molar-refractivity contribution in [2.24, 2.45) is 0 Å². The molecular weight excluding hydrogens is 155 g/mol. The van der Waals surface area contributed by atoms with Gasteiger partial charge < -0.3 is 14.9 Å². The number of pyridine rings is 1. The van der Waals surface area contributed by atoms with Gasteiger partial charge in [-0.3, -0.25) is 0 Å². The van der Waals surface area contributed by atoms with Crippen LogP contribution in [0.25, 0.3) is 0 Å². The number of hydrogen-bond acceptors (Lipinski definition) is 4. The Balaban J connectivity index is 3.27. The summed E-state index contributed by atoms with van der Waals surface area (Å²) in [6.07, 6.45) is 1.11. The molecular formula is C7H11BN2O2. The molecule has 0 fully saturated rings. The summed E-state index contributed by atoms with van der Waals surface area (Å²) >= 11 is 0. The molecule has 0 saturated heterocycles. The molecule has 0 unspecified atom stereocenters. The maximum absolute atomic E-state index is 8.96. The van der Waals surface area contributed by atoms with Crippen molar-refractivity contribution in [2.45, 2.75) is 0 Å². The van der Waals surface area contributed by atoms with E-state index in [0.717, 1.165) is 12.3 Å². The van der Waals surface area contributed by atoms with Crippen molar-refractivity contribution in [3.63, 3.8) is 0 Å². The molecule has 1 aromatic rings. The molecule has 0 aliphatic rings. The summed E-state index contributed by atoms with van der Waals surface area (Å²) in [5, 5.41) is 17.9. The number of aromatic nitrogens is 1. The third-order valence-corrected chi connectivity index (χ3v) is 1.30. The lowest BCUT2D eigenvalue weighted by molar-refractivity contribution is 0.425. The van der Waals surface area contributed by atoms with Gasteiger partial charge in [-0.2, -0.15) is 0 Å². The van der Waals surface area contributed by atoms with Crippen LogP contribution in [0.1, 0.15) is 8.22 Å². The second kappa shape index (κ2) is 3.56. The summed E-state index contributed by atoms with van der Waals surface area (Å²) in [5.41, 5.74) is -0.0431. The fourth-order valence-electron chi connectivity index (χ4n) is 0.717. The van der Waals surface area contributed by atoms with E-state index in [0.29, 0.717) is 0 Å². The van der Waals surface area contributed by atoms with E-state index < -0.39 is 21.1 Å². The van der Waals surface area contributed by atoms with Crippen LogP contribution in [-0.2, 0) is 0 Å². The minimum atomic E-state index is -2.92. The summed E-state index contributed by atoms with van der Waals surface area (Å²) in [7, 11) is -1.83. The van der Waals surface area contributed by atoms with E-state index in [2.05, 4.69) is 4.98 Å². The van der Waals surface area contributed by atoms with E-state index in [1.807, 2.05) is 0 Å². The van der Waals surface area contributed by atoms with Crippen molar-refractivity contribution in [2.75, 3.05) is 18.9 Å². The molecule has 0 atom stereocenters. The van der Waals surface area contributed by atoms with Crippen LogP contribution >= 0.6 is 0 Å². The normalized spacial score (nSPS) is 19.2. The Hall–Kier alpha value is -1.07. The summed E-state index contributed by atoms with van der Waals surface area (Å²) < 4.78 is 43.2. The fourth-order valence-corrected chi connectivity index (χ4v) is 0.717. The molecule has 64 valence electrons. The van der Waals surface area contributed by atoms with Crippen molar-refractivity contribution in [1.29, 1.82) is 0 Å². The van der Waals surface area contributed by atoms with Gasteiger partial charge in [0.15, 0.2) is 0 Å². The van der Waals surface area contributed by atoms with Crippen molar-refractivity contribution >= 4 is 18.4 Å². The topological polar surface area (TPSA) is 56.6 Å². The molecule has 12 heavy (non-hydrogen) atoms. The third-order valence-electron chi connectivity index (χ3n) is 1.30. The van der Waals surface area contributed by atoms with Crippen LogP contribution < -0.4 is 10.4 Å². The average molecular weight is 172 g/mol. The highest BCUT2D eigenvalue weighted by Gasteiger charge is 2.11. The Morgan fingerprint density at radius 1 is 1.58 bits per heavy atom. The van der Waals surface area contributed by atoms with Gasteiger partial charge in [0.1, 0.15) is 5.82 Å². The highest BCUT2D eigenvalue weighted by molar-refractivity contribution is 6.58. The lowest BCUT2D eigenvalue weighted by Crippen LogP contribution is -2.30. The third kappa shape index (κ3) is 1.96. The Labute approximate surface area is 80.1 Å². The van der Waals surface area contributed by atoms with E-state index in [-0.39, 0.29) is 16.2 Å². The number of rotatable bonds is 2. The van der Waals surface area contributed by atoms with E-state index >= 15 is 0 Å². The van der Waals surface area contributed by atoms with Crippen LogP contribution in [-0.4, -0.2) is 36.1 Å². The molecule has 4 nitrogen and oxygen atoms in total. The predicted octanol–water partition coefficient (Wildman–Crippen LogP) is -1.17. The van der Waals surface area contributed by atoms with Gasteiger partial charge in [0.25, 0.3) is 0 Å². The Morgan fingerprint density at radius 2 is 2.33 bits per heavy atom. The van der Waals surface area contributed by atoms with Gasteiger partial charge >= 0.3 is 7.12 Å². The molecule has 0 amide bonds. The second-order valence-corrected chi connectivity index (χ2v) is 2.16. The monoisotopic (exact) mass is 172 g/mol. The van der Waals surface area contributed by atoms with Crippen molar-refractivity contribution in [3.8, 4) is 0 Å². The molecule has 2 N–H and O–H groups in total. The van der Waals surface area contributed by atoms with Crippen molar-refractivity contribution < 1.29 is 18.3 Å². The zero-order valence-corrected chi connectivity index (χ0v) is 6.10. The molecule has 0 aromatic carbocycles. The van der Waals surface area contributed by atoms with Crippen LogP contribution in [0, 0.1) is 0 Å². The van der Waals surface area contributed by atoms with Gasteiger partial charge in [-0.05, 0) is 17.6 Å². The van der Waals surface area contributed by atoms with E-state index in [9.17, 15) is 0 Å². The van der Waals surface area contributed by atoms with Gasteiger partial charge in [-0.1, -0.05) is 0 Å². The maximum Gasteiger partial charge on any atom is 0.488 e. The molecule has 0 saturated carbocycles.